The second-order valence-corrected chi connectivity index (χ2v) is 4.90. The van der Waals surface area contributed by atoms with Gasteiger partial charge in [0.25, 0.3) is 0 Å². The third-order valence-electron chi connectivity index (χ3n) is 3.28. The van der Waals surface area contributed by atoms with Crippen LogP contribution in [0.5, 0.6) is 11.5 Å². The number of carbonyl (C=O) groups is 1. The van der Waals surface area contributed by atoms with Crippen LogP contribution in [-0.4, -0.2) is 19.0 Å². The summed E-state index contributed by atoms with van der Waals surface area (Å²) in [6.45, 7) is 0. The molecule has 0 amide bonds. The van der Waals surface area contributed by atoms with Gasteiger partial charge in [-0.15, -0.1) is 0 Å². The van der Waals surface area contributed by atoms with Gasteiger partial charge in [0.05, 0.1) is 13.2 Å². The Labute approximate surface area is 118 Å². The van der Waals surface area contributed by atoms with Gasteiger partial charge in [-0.25, -0.2) is 0 Å². The molecular weight excluding hydrogens is 252 g/mol. The highest BCUT2D eigenvalue weighted by atomic mass is 16.5. The number of ether oxygens (including phenoxy) is 2. The van der Waals surface area contributed by atoms with Crippen LogP contribution in [0.2, 0.25) is 0 Å². The van der Waals surface area contributed by atoms with Crippen LogP contribution in [-0.2, 0) is 0 Å². The predicted molar refractivity (Wildman–Crippen MR) is 76.5 cm³/mol. The molecule has 1 aliphatic rings. The van der Waals surface area contributed by atoms with Crippen molar-refractivity contribution in [3.63, 3.8) is 0 Å². The Balaban J connectivity index is 1.81. The van der Waals surface area contributed by atoms with Crippen molar-refractivity contribution in [1.29, 1.82) is 0 Å². The first-order chi connectivity index (χ1) is 9.76. The quantitative estimate of drug-likeness (QED) is 0.779. The number of carbonyl (C=O) groups excluding carboxylic acids is 1. The molecule has 1 aliphatic carbocycles. The standard InChI is InChI=1S/C17H16O3/c1-19-14-7-5-12(6-8-14)17(18)13-3-2-4-16(11-13)20-15-9-10-15/h2-8,11,15H,9-10H2,1H3. The van der Waals surface area contributed by atoms with E-state index in [1.54, 1.807) is 31.4 Å². The maximum Gasteiger partial charge on any atom is 0.193 e. The van der Waals surface area contributed by atoms with E-state index in [4.69, 9.17) is 9.47 Å². The first-order valence-electron chi connectivity index (χ1n) is 6.72. The molecule has 102 valence electrons. The molecule has 1 fully saturated rings. The number of hydrogen-bond acceptors (Lipinski definition) is 3. The molecule has 3 rings (SSSR count). The zero-order valence-electron chi connectivity index (χ0n) is 11.3. The highest BCUT2D eigenvalue weighted by molar-refractivity contribution is 6.09. The number of ketones is 1. The molecule has 0 heterocycles. The van der Waals surface area contributed by atoms with Crippen LogP contribution in [0.15, 0.2) is 48.5 Å². The smallest absolute Gasteiger partial charge is 0.193 e. The van der Waals surface area contributed by atoms with Crippen molar-refractivity contribution in [1.82, 2.24) is 0 Å². The molecule has 3 heteroatoms. The Hall–Kier alpha value is -2.29. The Bertz CT molecular complexity index is 612. The zero-order chi connectivity index (χ0) is 13.9. The van der Waals surface area contributed by atoms with Crippen LogP contribution in [0.4, 0.5) is 0 Å². The summed E-state index contributed by atoms with van der Waals surface area (Å²) in [5.41, 5.74) is 1.29. The molecule has 0 aliphatic heterocycles. The normalized spacial score (nSPS) is 13.8. The molecule has 0 saturated heterocycles. The molecule has 0 atom stereocenters. The average molecular weight is 268 g/mol. The predicted octanol–water partition coefficient (Wildman–Crippen LogP) is 3.47. The lowest BCUT2D eigenvalue weighted by molar-refractivity contribution is 0.103. The molecule has 0 aromatic heterocycles. The number of benzene rings is 2. The van der Waals surface area contributed by atoms with Crippen molar-refractivity contribution in [2.24, 2.45) is 0 Å². The maximum atomic E-state index is 12.4. The largest absolute Gasteiger partial charge is 0.497 e. The SMILES string of the molecule is COc1ccc(C(=O)c2cccc(OC3CC3)c2)cc1. The number of rotatable bonds is 5. The van der Waals surface area contributed by atoms with Crippen LogP contribution in [0, 0.1) is 0 Å². The fourth-order valence-corrected chi connectivity index (χ4v) is 2.00. The van der Waals surface area contributed by atoms with Crippen molar-refractivity contribution in [3.05, 3.63) is 59.7 Å². The highest BCUT2D eigenvalue weighted by Crippen LogP contribution is 2.27. The second kappa shape index (κ2) is 5.37. The summed E-state index contributed by atoms with van der Waals surface area (Å²) in [6, 6.07) is 14.5. The molecule has 20 heavy (non-hydrogen) atoms. The van der Waals surface area contributed by atoms with Gasteiger partial charge in [-0.3, -0.25) is 4.79 Å². The minimum absolute atomic E-state index is 0.00565. The third kappa shape index (κ3) is 2.82. The van der Waals surface area contributed by atoms with Gasteiger partial charge in [0.2, 0.25) is 0 Å². The van der Waals surface area contributed by atoms with Gasteiger partial charge in [0.15, 0.2) is 5.78 Å². The molecule has 0 bridgehead atoms. The zero-order valence-corrected chi connectivity index (χ0v) is 11.3. The maximum absolute atomic E-state index is 12.4. The van der Waals surface area contributed by atoms with Gasteiger partial charge in [-0.05, 0) is 49.2 Å². The van der Waals surface area contributed by atoms with E-state index in [-0.39, 0.29) is 5.78 Å². The monoisotopic (exact) mass is 268 g/mol. The fourth-order valence-electron chi connectivity index (χ4n) is 2.00. The summed E-state index contributed by atoms with van der Waals surface area (Å²) in [5, 5.41) is 0. The third-order valence-corrected chi connectivity index (χ3v) is 3.28. The molecule has 1 saturated carbocycles. The second-order valence-electron chi connectivity index (χ2n) is 4.90. The van der Waals surface area contributed by atoms with E-state index in [0.29, 0.717) is 17.2 Å². The molecule has 2 aromatic carbocycles. The van der Waals surface area contributed by atoms with Crippen LogP contribution < -0.4 is 9.47 Å². The molecular formula is C17H16O3. The molecule has 0 spiro atoms. The summed E-state index contributed by atoms with van der Waals surface area (Å²) in [6.07, 6.45) is 2.55. The number of methoxy groups -OCH3 is 1. The van der Waals surface area contributed by atoms with E-state index in [1.807, 2.05) is 24.3 Å². The van der Waals surface area contributed by atoms with Crippen molar-refractivity contribution in [2.75, 3.05) is 7.11 Å². The lowest BCUT2D eigenvalue weighted by Crippen LogP contribution is -2.03. The molecule has 0 radical (unpaired) electrons. The van der Waals surface area contributed by atoms with Crippen molar-refractivity contribution < 1.29 is 14.3 Å². The Morgan fingerprint density at radius 1 is 1.00 bits per heavy atom. The van der Waals surface area contributed by atoms with E-state index < -0.39 is 0 Å². The minimum Gasteiger partial charge on any atom is -0.497 e. The average Bonchev–Trinajstić information content (AvgIpc) is 3.31. The molecule has 0 unspecified atom stereocenters. The van der Waals surface area contributed by atoms with Gasteiger partial charge in [0.1, 0.15) is 11.5 Å². The first-order valence-corrected chi connectivity index (χ1v) is 6.72. The van der Waals surface area contributed by atoms with Gasteiger partial charge in [-0.2, -0.15) is 0 Å². The van der Waals surface area contributed by atoms with E-state index in [0.717, 1.165) is 24.3 Å². The Kier molecular flexibility index (Phi) is 3.42. The van der Waals surface area contributed by atoms with Gasteiger partial charge in [0, 0.05) is 11.1 Å². The van der Waals surface area contributed by atoms with Gasteiger partial charge < -0.3 is 9.47 Å². The summed E-state index contributed by atoms with van der Waals surface area (Å²) < 4.78 is 10.8. The van der Waals surface area contributed by atoms with Crippen molar-refractivity contribution in [3.8, 4) is 11.5 Å². The summed E-state index contributed by atoms with van der Waals surface area (Å²) in [7, 11) is 1.61. The van der Waals surface area contributed by atoms with Gasteiger partial charge >= 0.3 is 0 Å². The van der Waals surface area contributed by atoms with Crippen LogP contribution in [0.1, 0.15) is 28.8 Å². The van der Waals surface area contributed by atoms with Crippen LogP contribution >= 0.6 is 0 Å². The van der Waals surface area contributed by atoms with E-state index >= 15 is 0 Å². The first kappa shape index (κ1) is 12.7. The van der Waals surface area contributed by atoms with Crippen molar-refractivity contribution in [2.45, 2.75) is 18.9 Å². The molecule has 0 N–H and O–H groups in total. The Morgan fingerprint density at radius 3 is 2.40 bits per heavy atom. The van der Waals surface area contributed by atoms with E-state index in [9.17, 15) is 4.79 Å². The number of hydrogen-bond donors (Lipinski definition) is 0. The highest BCUT2D eigenvalue weighted by Gasteiger charge is 2.23. The lowest BCUT2D eigenvalue weighted by atomic mass is 10.0. The summed E-state index contributed by atoms with van der Waals surface area (Å²) in [5.74, 6) is 1.51. The summed E-state index contributed by atoms with van der Waals surface area (Å²) >= 11 is 0. The van der Waals surface area contributed by atoms with Gasteiger partial charge in [-0.1, -0.05) is 12.1 Å². The fraction of sp³-hybridized carbons (Fsp3) is 0.235. The summed E-state index contributed by atoms with van der Waals surface area (Å²) in [4.78, 5) is 12.4. The van der Waals surface area contributed by atoms with E-state index in [1.165, 1.54) is 0 Å². The lowest BCUT2D eigenvalue weighted by Gasteiger charge is -2.07. The molecule has 3 nitrogen and oxygen atoms in total. The molecule has 2 aromatic rings. The minimum atomic E-state index is -0.00565. The van der Waals surface area contributed by atoms with Crippen molar-refractivity contribution >= 4 is 5.78 Å². The van der Waals surface area contributed by atoms with E-state index in [2.05, 4.69) is 0 Å². The van der Waals surface area contributed by atoms with Crippen LogP contribution in [0.25, 0.3) is 0 Å². The topological polar surface area (TPSA) is 35.5 Å². The Morgan fingerprint density at radius 2 is 1.75 bits per heavy atom. The van der Waals surface area contributed by atoms with Crippen LogP contribution in [0.3, 0.4) is 0 Å².